The van der Waals surface area contributed by atoms with E-state index in [9.17, 15) is 18.0 Å². The molecule has 96 valence electrons. The number of carbonyl (C=O) groups excluding carboxylic acids is 1. The molecule has 0 amide bonds. The van der Waals surface area contributed by atoms with Gasteiger partial charge in [0.1, 0.15) is 0 Å². The second-order valence-electron chi connectivity index (χ2n) is 4.75. The molecule has 0 aromatic carbocycles. The summed E-state index contributed by atoms with van der Waals surface area (Å²) in [5.74, 6) is -0.659. The van der Waals surface area contributed by atoms with Gasteiger partial charge in [0.25, 0.3) is 0 Å². The van der Waals surface area contributed by atoms with Crippen molar-refractivity contribution < 1.29 is 22.7 Å². The minimum absolute atomic E-state index is 0.0413. The van der Waals surface area contributed by atoms with Crippen molar-refractivity contribution in [1.29, 1.82) is 0 Å². The minimum Gasteiger partial charge on any atom is -0.465 e. The van der Waals surface area contributed by atoms with Gasteiger partial charge >= 0.3 is 12.1 Å². The summed E-state index contributed by atoms with van der Waals surface area (Å²) in [5.41, 5.74) is 0.0413. The number of alkyl halides is 3. The normalized spacial score (nSPS) is 12.6. The highest BCUT2D eigenvalue weighted by atomic mass is 19.4. The predicted molar refractivity (Wildman–Crippen MR) is 54.0 cm³/mol. The van der Waals surface area contributed by atoms with E-state index in [4.69, 9.17) is 4.74 Å². The van der Waals surface area contributed by atoms with Crippen LogP contribution in [0.25, 0.3) is 0 Å². The first-order chi connectivity index (χ1) is 7.10. The van der Waals surface area contributed by atoms with Gasteiger partial charge in [-0.15, -0.1) is 0 Å². The van der Waals surface area contributed by atoms with Crippen LogP contribution in [0.3, 0.4) is 0 Å². The van der Waals surface area contributed by atoms with Gasteiger partial charge in [0.05, 0.1) is 19.7 Å². The molecule has 0 saturated heterocycles. The fourth-order valence-corrected chi connectivity index (χ4v) is 0.828. The first kappa shape index (κ1) is 15.2. The van der Waals surface area contributed by atoms with Crippen LogP contribution in [-0.4, -0.2) is 31.8 Å². The highest BCUT2D eigenvalue weighted by Gasteiger charge is 2.26. The Morgan fingerprint density at radius 1 is 1.25 bits per heavy atom. The van der Waals surface area contributed by atoms with E-state index in [1.54, 1.807) is 0 Å². The molecule has 0 heterocycles. The van der Waals surface area contributed by atoms with Crippen LogP contribution in [0.15, 0.2) is 0 Å². The van der Waals surface area contributed by atoms with Crippen LogP contribution in [-0.2, 0) is 9.53 Å². The molecular weight excluding hydrogens is 223 g/mol. The van der Waals surface area contributed by atoms with Gasteiger partial charge in [-0.3, -0.25) is 10.1 Å². The molecule has 16 heavy (non-hydrogen) atoms. The molecule has 0 aromatic heterocycles. The van der Waals surface area contributed by atoms with E-state index in [1.807, 2.05) is 26.1 Å². The molecule has 0 aromatic rings. The third-order valence-corrected chi connectivity index (χ3v) is 1.71. The molecule has 0 rings (SSSR count). The Hall–Kier alpha value is -0.780. The summed E-state index contributed by atoms with van der Waals surface area (Å²) >= 11 is 0. The first-order valence-electron chi connectivity index (χ1n) is 5.03. The van der Waals surface area contributed by atoms with E-state index in [0.717, 1.165) is 0 Å². The Morgan fingerprint density at radius 2 is 1.81 bits per heavy atom. The maximum Gasteiger partial charge on any atom is 0.401 e. The predicted octanol–water partition coefficient (Wildman–Crippen LogP) is 2.12. The molecular formula is C10H18F3NO2. The topological polar surface area (TPSA) is 38.3 Å². The van der Waals surface area contributed by atoms with Crippen LogP contribution in [0, 0.1) is 5.41 Å². The van der Waals surface area contributed by atoms with Crippen molar-refractivity contribution in [3.8, 4) is 0 Å². The lowest BCUT2D eigenvalue weighted by atomic mass is 9.93. The van der Waals surface area contributed by atoms with Gasteiger partial charge in [0.2, 0.25) is 0 Å². The van der Waals surface area contributed by atoms with Gasteiger partial charge in [-0.25, -0.2) is 0 Å². The van der Waals surface area contributed by atoms with Gasteiger partial charge in [-0.2, -0.15) is 13.2 Å². The van der Waals surface area contributed by atoms with Crippen LogP contribution in [0.1, 0.15) is 27.2 Å². The van der Waals surface area contributed by atoms with E-state index >= 15 is 0 Å². The lowest BCUT2D eigenvalue weighted by molar-refractivity contribution is -0.145. The minimum atomic E-state index is -4.30. The zero-order chi connectivity index (χ0) is 12.8. The van der Waals surface area contributed by atoms with Crippen LogP contribution in [0.2, 0.25) is 0 Å². The molecule has 3 nitrogen and oxygen atoms in total. The van der Waals surface area contributed by atoms with Crippen LogP contribution >= 0.6 is 0 Å². The highest BCUT2D eigenvalue weighted by molar-refractivity contribution is 5.71. The standard InChI is InChI=1S/C10H18F3NO2/c1-9(2,3)4-5-16-8(15)6-14-7-10(11,12)13/h14H,4-7H2,1-3H3. The Kier molecular flexibility index (Phi) is 5.78. The average Bonchev–Trinajstić information content (AvgIpc) is 1.98. The third kappa shape index (κ3) is 11.3. The fourth-order valence-electron chi connectivity index (χ4n) is 0.828. The highest BCUT2D eigenvalue weighted by Crippen LogP contribution is 2.17. The van der Waals surface area contributed by atoms with Crippen molar-refractivity contribution in [1.82, 2.24) is 5.32 Å². The summed E-state index contributed by atoms with van der Waals surface area (Å²) in [6.07, 6.45) is -3.62. The average molecular weight is 241 g/mol. The molecule has 1 N–H and O–H groups in total. The van der Waals surface area contributed by atoms with Crippen molar-refractivity contribution in [3.05, 3.63) is 0 Å². The molecule has 0 atom stereocenters. The summed E-state index contributed by atoms with van der Waals surface area (Å²) in [6, 6.07) is 0. The van der Waals surface area contributed by atoms with Crippen molar-refractivity contribution >= 4 is 5.97 Å². The lowest BCUT2D eigenvalue weighted by Crippen LogP contribution is -2.33. The molecule has 0 bridgehead atoms. The molecule has 0 aliphatic rings. The zero-order valence-corrected chi connectivity index (χ0v) is 9.78. The third-order valence-electron chi connectivity index (χ3n) is 1.71. The van der Waals surface area contributed by atoms with E-state index in [2.05, 4.69) is 0 Å². The summed E-state index contributed by atoms with van der Waals surface area (Å²) in [5, 5.41) is 1.97. The SMILES string of the molecule is CC(C)(C)CCOC(=O)CNCC(F)(F)F. The number of hydrogen-bond donors (Lipinski definition) is 1. The Bertz CT molecular complexity index is 199. The maximum absolute atomic E-state index is 11.7. The number of esters is 1. The van der Waals surface area contributed by atoms with Crippen molar-refractivity contribution in [3.63, 3.8) is 0 Å². The number of hydrogen-bond acceptors (Lipinski definition) is 3. The van der Waals surface area contributed by atoms with Gasteiger partial charge < -0.3 is 4.74 Å². The van der Waals surface area contributed by atoms with E-state index in [-0.39, 0.29) is 12.0 Å². The number of halogens is 3. The van der Waals surface area contributed by atoms with E-state index in [1.165, 1.54) is 0 Å². The molecule has 0 aliphatic heterocycles. The van der Waals surface area contributed by atoms with E-state index in [0.29, 0.717) is 6.42 Å². The molecule has 6 heteroatoms. The Balaban J connectivity index is 3.53. The molecule has 0 aliphatic carbocycles. The van der Waals surface area contributed by atoms with Crippen LogP contribution in [0.5, 0.6) is 0 Å². The largest absolute Gasteiger partial charge is 0.465 e. The second kappa shape index (κ2) is 6.08. The molecule has 0 radical (unpaired) electrons. The van der Waals surface area contributed by atoms with Crippen molar-refractivity contribution in [2.24, 2.45) is 5.41 Å². The number of carbonyl (C=O) groups is 1. The smallest absolute Gasteiger partial charge is 0.401 e. The monoisotopic (exact) mass is 241 g/mol. The fraction of sp³-hybridized carbons (Fsp3) is 0.900. The quantitative estimate of drug-likeness (QED) is 0.749. The second-order valence-corrected chi connectivity index (χ2v) is 4.75. The van der Waals surface area contributed by atoms with Crippen LogP contribution < -0.4 is 5.32 Å². The number of nitrogens with one attached hydrogen (secondary N) is 1. The first-order valence-corrected chi connectivity index (χ1v) is 5.03. The summed E-state index contributed by atoms with van der Waals surface area (Å²) in [7, 11) is 0. The maximum atomic E-state index is 11.7. The molecule has 0 spiro atoms. The van der Waals surface area contributed by atoms with Crippen molar-refractivity contribution in [2.45, 2.75) is 33.4 Å². The van der Waals surface area contributed by atoms with Gasteiger partial charge in [-0.05, 0) is 11.8 Å². The summed E-state index contributed by atoms with van der Waals surface area (Å²) in [6.45, 7) is 4.61. The zero-order valence-electron chi connectivity index (χ0n) is 9.78. The number of ether oxygens (including phenoxy) is 1. The van der Waals surface area contributed by atoms with Gasteiger partial charge in [0.15, 0.2) is 0 Å². The van der Waals surface area contributed by atoms with Crippen LogP contribution in [0.4, 0.5) is 13.2 Å². The van der Waals surface area contributed by atoms with Crippen molar-refractivity contribution in [2.75, 3.05) is 19.7 Å². The van der Waals surface area contributed by atoms with Gasteiger partial charge in [0, 0.05) is 0 Å². The molecule has 0 fully saturated rings. The Labute approximate surface area is 93.3 Å². The molecule has 0 saturated carbocycles. The summed E-state index contributed by atoms with van der Waals surface area (Å²) in [4.78, 5) is 11.0. The summed E-state index contributed by atoms with van der Waals surface area (Å²) < 4.78 is 39.9. The Morgan fingerprint density at radius 3 is 2.25 bits per heavy atom. The number of rotatable bonds is 5. The molecule has 0 unspecified atom stereocenters. The van der Waals surface area contributed by atoms with E-state index < -0.39 is 25.2 Å². The lowest BCUT2D eigenvalue weighted by Gasteiger charge is -2.17. The van der Waals surface area contributed by atoms with Gasteiger partial charge in [-0.1, -0.05) is 20.8 Å².